The number of nitriles is 1. The Labute approximate surface area is 94.6 Å². The zero-order valence-electron chi connectivity index (χ0n) is 7.78. The molecule has 0 bridgehead atoms. The van der Waals surface area contributed by atoms with Gasteiger partial charge in [-0.3, -0.25) is 4.79 Å². The van der Waals surface area contributed by atoms with Gasteiger partial charge in [0.2, 0.25) is 0 Å². The van der Waals surface area contributed by atoms with E-state index in [9.17, 15) is 9.59 Å². The molecule has 1 aromatic carbocycles. The van der Waals surface area contributed by atoms with E-state index in [-0.39, 0.29) is 16.7 Å². The number of halogens is 1. The van der Waals surface area contributed by atoms with Crippen molar-refractivity contribution in [3.8, 4) is 6.07 Å². The monoisotopic (exact) mass is 267 g/mol. The Bertz CT molecular complexity index is 462. The quantitative estimate of drug-likeness (QED) is 0.607. The van der Waals surface area contributed by atoms with Crippen molar-refractivity contribution in [2.45, 2.75) is 0 Å². The van der Waals surface area contributed by atoms with Crippen LogP contribution in [0, 0.1) is 11.3 Å². The highest BCUT2D eigenvalue weighted by Gasteiger charge is 2.12. The second-order valence-electron chi connectivity index (χ2n) is 2.65. The zero-order valence-corrected chi connectivity index (χ0v) is 9.37. The summed E-state index contributed by atoms with van der Waals surface area (Å²) in [5.41, 5.74) is 0.647. The summed E-state index contributed by atoms with van der Waals surface area (Å²) in [6, 6.07) is 4.60. The van der Waals surface area contributed by atoms with Crippen molar-refractivity contribution in [3.63, 3.8) is 0 Å². The molecule has 0 saturated carbocycles. The smallest absolute Gasteiger partial charge is 0.337 e. The molecule has 0 fully saturated rings. The van der Waals surface area contributed by atoms with Crippen LogP contribution < -0.4 is 0 Å². The lowest BCUT2D eigenvalue weighted by atomic mass is 10.1. The van der Waals surface area contributed by atoms with Gasteiger partial charge in [-0.25, -0.2) is 4.79 Å². The normalized spacial score (nSPS) is 9.13. The van der Waals surface area contributed by atoms with Gasteiger partial charge in [0.05, 0.1) is 18.2 Å². The minimum Gasteiger partial charge on any atom is -0.465 e. The molecule has 0 heterocycles. The molecule has 0 aliphatic rings. The van der Waals surface area contributed by atoms with Gasteiger partial charge in [0, 0.05) is 10.0 Å². The van der Waals surface area contributed by atoms with Gasteiger partial charge in [-0.15, -0.1) is 0 Å². The summed E-state index contributed by atoms with van der Waals surface area (Å²) in [5, 5.41) is 8.77. The number of carbonyl (C=O) groups excluding carboxylic acids is 2. The fourth-order valence-electron chi connectivity index (χ4n) is 1.05. The molecule has 0 atom stereocenters. The Morgan fingerprint density at radius 2 is 2.27 bits per heavy atom. The third-order valence-electron chi connectivity index (χ3n) is 1.77. The van der Waals surface area contributed by atoms with Gasteiger partial charge < -0.3 is 4.74 Å². The van der Waals surface area contributed by atoms with Gasteiger partial charge in [-0.2, -0.15) is 5.26 Å². The van der Waals surface area contributed by atoms with Crippen molar-refractivity contribution in [2.24, 2.45) is 0 Å². The van der Waals surface area contributed by atoms with Crippen LogP contribution >= 0.6 is 15.9 Å². The molecule has 5 heteroatoms. The third-order valence-corrected chi connectivity index (χ3v) is 2.65. The first-order valence-corrected chi connectivity index (χ1v) is 4.70. The van der Waals surface area contributed by atoms with E-state index in [2.05, 4.69) is 20.7 Å². The van der Waals surface area contributed by atoms with Gasteiger partial charge in [0.25, 0.3) is 0 Å². The number of hydrogen-bond donors (Lipinski definition) is 0. The lowest BCUT2D eigenvalue weighted by Crippen LogP contribution is -2.03. The number of hydrogen-bond acceptors (Lipinski definition) is 4. The molecule has 0 aromatic heterocycles. The summed E-state index contributed by atoms with van der Waals surface area (Å²) in [4.78, 5) is 21.9. The van der Waals surface area contributed by atoms with E-state index >= 15 is 0 Å². The molecule has 76 valence electrons. The van der Waals surface area contributed by atoms with Crippen molar-refractivity contribution in [2.75, 3.05) is 7.11 Å². The first-order valence-electron chi connectivity index (χ1n) is 3.91. The van der Waals surface area contributed by atoms with Crippen LogP contribution in [0.25, 0.3) is 0 Å². The third kappa shape index (κ3) is 2.22. The van der Waals surface area contributed by atoms with Crippen LogP contribution in [0.4, 0.5) is 0 Å². The zero-order chi connectivity index (χ0) is 11.4. The van der Waals surface area contributed by atoms with Gasteiger partial charge in [-0.05, 0) is 28.1 Å². The number of ether oxygens (including phenoxy) is 1. The van der Waals surface area contributed by atoms with Crippen LogP contribution in [0.15, 0.2) is 16.6 Å². The van der Waals surface area contributed by atoms with Gasteiger partial charge in [0.1, 0.15) is 6.07 Å². The first-order chi connectivity index (χ1) is 7.13. The van der Waals surface area contributed by atoms with E-state index in [1.807, 2.05) is 6.07 Å². The second-order valence-corrected chi connectivity index (χ2v) is 3.44. The van der Waals surface area contributed by atoms with Crippen LogP contribution in [0.3, 0.4) is 0 Å². The van der Waals surface area contributed by atoms with Crippen LogP contribution in [0.5, 0.6) is 0 Å². The number of rotatable bonds is 2. The summed E-state index contributed by atoms with van der Waals surface area (Å²) in [7, 11) is 1.23. The number of methoxy groups -OCH3 is 1. The molecule has 0 aliphatic heterocycles. The van der Waals surface area contributed by atoms with Crippen LogP contribution in [-0.2, 0) is 4.74 Å². The Morgan fingerprint density at radius 3 is 2.73 bits per heavy atom. The highest BCUT2D eigenvalue weighted by Crippen LogP contribution is 2.22. The van der Waals surface area contributed by atoms with Gasteiger partial charge in [-0.1, -0.05) is 0 Å². The lowest BCUT2D eigenvalue weighted by molar-refractivity contribution is 0.0600. The standard InChI is InChI=1S/C10H6BrNO3/c1-15-10(14)6-2-7(4-12)9(11)8(3-6)5-13/h2-3,5H,1H3. The predicted octanol–water partition coefficient (Wildman–Crippen LogP) is 1.92. The minimum atomic E-state index is -0.581. The molecule has 0 N–H and O–H groups in total. The summed E-state index contributed by atoms with van der Waals surface area (Å²) in [6.45, 7) is 0. The van der Waals surface area contributed by atoms with E-state index in [4.69, 9.17) is 5.26 Å². The van der Waals surface area contributed by atoms with Gasteiger partial charge >= 0.3 is 5.97 Å². The molecule has 0 saturated heterocycles. The van der Waals surface area contributed by atoms with E-state index in [1.165, 1.54) is 19.2 Å². The maximum absolute atomic E-state index is 11.2. The fraction of sp³-hybridized carbons (Fsp3) is 0.100. The first kappa shape index (κ1) is 11.4. The number of nitrogens with zero attached hydrogens (tertiary/aromatic N) is 1. The predicted molar refractivity (Wildman–Crippen MR) is 55.6 cm³/mol. The molecule has 4 nitrogen and oxygen atoms in total. The average Bonchev–Trinajstić information content (AvgIpc) is 2.28. The maximum atomic E-state index is 11.2. The Morgan fingerprint density at radius 1 is 1.60 bits per heavy atom. The highest BCUT2D eigenvalue weighted by molar-refractivity contribution is 9.10. The Kier molecular flexibility index (Phi) is 3.58. The van der Waals surface area contributed by atoms with E-state index in [1.54, 1.807) is 0 Å². The topological polar surface area (TPSA) is 67.2 Å². The average molecular weight is 268 g/mol. The van der Waals surface area contributed by atoms with E-state index in [0.29, 0.717) is 10.8 Å². The van der Waals surface area contributed by atoms with Crippen LogP contribution in [0.1, 0.15) is 26.3 Å². The van der Waals surface area contributed by atoms with Crippen molar-refractivity contribution >= 4 is 28.2 Å². The summed E-state index contributed by atoms with van der Waals surface area (Å²) in [6.07, 6.45) is 0.567. The summed E-state index contributed by atoms with van der Waals surface area (Å²) >= 11 is 3.10. The molecular formula is C10H6BrNO3. The summed E-state index contributed by atoms with van der Waals surface area (Å²) in [5.74, 6) is -0.581. The second kappa shape index (κ2) is 4.71. The molecule has 1 rings (SSSR count). The fourth-order valence-corrected chi connectivity index (χ4v) is 1.46. The number of benzene rings is 1. The minimum absolute atomic E-state index is 0.180. The van der Waals surface area contributed by atoms with Crippen molar-refractivity contribution in [1.29, 1.82) is 5.26 Å². The van der Waals surface area contributed by atoms with Crippen LogP contribution in [-0.4, -0.2) is 19.4 Å². The molecule has 0 amide bonds. The lowest BCUT2D eigenvalue weighted by Gasteiger charge is -2.03. The maximum Gasteiger partial charge on any atom is 0.337 e. The number of esters is 1. The largest absolute Gasteiger partial charge is 0.465 e. The Balaban J connectivity index is 3.41. The molecule has 15 heavy (non-hydrogen) atoms. The van der Waals surface area contributed by atoms with Crippen molar-refractivity contribution in [1.82, 2.24) is 0 Å². The molecule has 0 unspecified atom stereocenters. The number of aldehydes is 1. The molecule has 0 radical (unpaired) electrons. The summed E-state index contributed by atoms with van der Waals surface area (Å²) < 4.78 is 4.88. The molecular weight excluding hydrogens is 262 g/mol. The SMILES string of the molecule is COC(=O)c1cc(C#N)c(Br)c(C=O)c1. The van der Waals surface area contributed by atoms with E-state index < -0.39 is 5.97 Å². The van der Waals surface area contributed by atoms with Crippen LogP contribution in [0.2, 0.25) is 0 Å². The highest BCUT2D eigenvalue weighted by atomic mass is 79.9. The molecule has 0 aliphatic carbocycles. The van der Waals surface area contributed by atoms with E-state index in [0.717, 1.165) is 0 Å². The Hall–Kier alpha value is -1.67. The number of carbonyl (C=O) groups is 2. The molecule has 0 spiro atoms. The van der Waals surface area contributed by atoms with Crippen molar-refractivity contribution < 1.29 is 14.3 Å². The molecule has 1 aromatic rings. The van der Waals surface area contributed by atoms with Crippen molar-refractivity contribution in [3.05, 3.63) is 33.3 Å². The van der Waals surface area contributed by atoms with Gasteiger partial charge in [0.15, 0.2) is 6.29 Å².